The summed E-state index contributed by atoms with van der Waals surface area (Å²) in [5, 5.41) is 0. The van der Waals surface area contributed by atoms with Crippen LogP contribution in [0.3, 0.4) is 0 Å². The van der Waals surface area contributed by atoms with Crippen LogP contribution in [0.4, 0.5) is 0 Å². The Bertz CT molecular complexity index is 634. The van der Waals surface area contributed by atoms with E-state index >= 15 is 0 Å². The van der Waals surface area contributed by atoms with Crippen molar-refractivity contribution in [3.8, 4) is 0 Å². The Morgan fingerprint density at radius 2 is 1.74 bits per heavy atom. The Labute approximate surface area is 216 Å². The molecule has 2 heterocycles. The van der Waals surface area contributed by atoms with Crippen LogP contribution >= 0.6 is 23.2 Å². The Morgan fingerprint density at radius 1 is 1.12 bits per heavy atom. The van der Waals surface area contributed by atoms with E-state index in [0.29, 0.717) is 38.9 Å². The maximum Gasteiger partial charge on any atom is 0.309 e. The van der Waals surface area contributed by atoms with Crippen molar-refractivity contribution in [1.29, 1.82) is 0 Å². The summed E-state index contributed by atoms with van der Waals surface area (Å²) in [7, 11) is 1.83. The molecule has 2 aliphatic heterocycles. The molecule has 1 fully saturated rings. The Balaban J connectivity index is 1.51. The summed E-state index contributed by atoms with van der Waals surface area (Å²) in [6.45, 7) is 2.92. The predicted molar refractivity (Wildman–Crippen MR) is 138 cm³/mol. The summed E-state index contributed by atoms with van der Waals surface area (Å²) in [6, 6.07) is 0. The molecule has 196 valence electrons. The molecule has 2 aliphatic rings. The predicted octanol–water partition coefficient (Wildman–Crippen LogP) is 6.66. The van der Waals surface area contributed by atoms with Crippen LogP contribution in [0.2, 0.25) is 0 Å². The van der Waals surface area contributed by atoms with Crippen LogP contribution < -0.4 is 0 Å². The topological polar surface area (TPSA) is 68.2 Å². The van der Waals surface area contributed by atoms with Crippen LogP contribution in [0.25, 0.3) is 0 Å². The molecule has 0 aliphatic carbocycles. The van der Waals surface area contributed by atoms with Crippen LogP contribution in [-0.4, -0.2) is 53.9 Å². The third-order valence-corrected chi connectivity index (χ3v) is 8.30. The number of halogens is 2. The summed E-state index contributed by atoms with van der Waals surface area (Å²) in [5.41, 5.74) is -0.563. The van der Waals surface area contributed by atoms with Gasteiger partial charge in [-0.05, 0) is 25.7 Å². The second-order valence-electron chi connectivity index (χ2n) is 9.88. The first-order valence-corrected chi connectivity index (χ1v) is 14.1. The van der Waals surface area contributed by atoms with Gasteiger partial charge in [0, 0.05) is 19.4 Å². The summed E-state index contributed by atoms with van der Waals surface area (Å²) in [4.78, 5) is 29.3. The molecule has 0 N–H and O–H groups in total. The highest BCUT2D eigenvalue weighted by atomic mass is 35.5. The lowest BCUT2D eigenvalue weighted by Crippen LogP contribution is -2.45. The van der Waals surface area contributed by atoms with Gasteiger partial charge in [0.25, 0.3) is 0 Å². The van der Waals surface area contributed by atoms with Gasteiger partial charge >= 0.3 is 11.9 Å². The molecule has 2 rings (SSSR count). The number of cyclic esters (lactones) is 1. The van der Waals surface area contributed by atoms with Gasteiger partial charge in [-0.15, -0.1) is 0 Å². The number of esters is 2. The normalized spacial score (nSPS) is 26.3. The number of unbranched alkanes of at least 4 members (excludes halogenated alkanes) is 10. The smallest absolute Gasteiger partial charge is 0.309 e. The largest absolute Gasteiger partial charge is 0.466 e. The quantitative estimate of drug-likeness (QED) is 0.0876. The number of carbonyl (C=O) groups is 2. The lowest BCUT2D eigenvalue weighted by molar-refractivity contribution is -0.144. The van der Waals surface area contributed by atoms with Crippen LogP contribution in [0, 0.1) is 11.8 Å². The van der Waals surface area contributed by atoms with Gasteiger partial charge in [0.2, 0.25) is 0 Å². The SMILES string of the molecule is CCCCCCCCCCCCCC(=O)OCCC[C@@H]1C(=O)OC[C@@H]1CC1(Cl)C(Cl)N=CN1C. The van der Waals surface area contributed by atoms with Gasteiger partial charge in [0.05, 0.1) is 25.5 Å². The first-order valence-electron chi connectivity index (χ1n) is 13.3. The third kappa shape index (κ3) is 9.56. The lowest BCUT2D eigenvalue weighted by atomic mass is 9.86. The molecular formula is C26H44Cl2N2O4. The minimum Gasteiger partial charge on any atom is -0.466 e. The number of likely N-dealkylation sites (N-methyl/N-ethyl adjacent to an activating group) is 1. The number of alkyl halides is 2. The van der Waals surface area contributed by atoms with Gasteiger partial charge in [-0.1, -0.05) is 94.3 Å². The van der Waals surface area contributed by atoms with Crippen LogP contribution in [-0.2, 0) is 19.1 Å². The molecule has 0 spiro atoms. The van der Waals surface area contributed by atoms with Crippen molar-refractivity contribution < 1.29 is 19.1 Å². The van der Waals surface area contributed by atoms with Crippen molar-refractivity contribution in [2.45, 2.75) is 114 Å². The molecule has 0 radical (unpaired) electrons. The Morgan fingerprint density at radius 3 is 2.32 bits per heavy atom. The van der Waals surface area contributed by atoms with Gasteiger partial charge < -0.3 is 14.4 Å². The molecule has 1 saturated heterocycles. The number of rotatable bonds is 18. The number of nitrogens with zero attached hydrogens (tertiary/aromatic N) is 2. The van der Waals surface area contributed by atoms with E-state index in [2.05, 4.69) is 11.9 Å². The van der Waals surface area contributed by atoms with E-state index in [4.69, 9.17) is 32.7 Å². The van der Waals surface area contributed by atoms with E-state index in [1.165, 1.54) is 57.8 Å². The zero-order chi connectivity index (χ0) is 24.8. The first kappa shape index (κ1) is 29.2. The minimum absolute atomic E-state index is 0.0255. The Kier molecular flexibility index (Phi) is 13.6. The molecular weight excluding hydrogens is 475 g/mol. The summed E-state index contributed by atoms with van der Waals surface area (Å²) in [6.07, 6.45) is 17.7. The van der Waals surface area contributed by atoms with Crippen molar-refractivity contribution in [2.75, 3.05) is 20.3 Å². The molecule has 0 saturated carbocycles. The van der Waals surface area contributed by atoms with E-state index in [1.807, 2.05) is 7.05 Å². The lowest BCUT2D eigenvalue weighted by Gasteiger charge is -2.34. The second kappa shape index (κ2) is 15.9. The van der Waals surface area contributed by atoms with E-state index < -0.39 is 10.5 Å². The van der Waals surface area contributed by atoms with E-state index in [9.17, 15) is 9.59 Å². The summed E-state index contributed by atoms with van der Waals surface area (Å²) in [5.74, 6) is -0.623. The fourth-order valence-electron chi connectivity index (χ4n) is 4.80. The molecule has 0 bridgehead atoms. The maximum atomic E-state index is 12.2. The van der Waals surface area contributed by atoms with Crippen molar-refractivity contribution in [2.24, 2.45) is 16.8 Å². The highest BCUT2D eigenvalue weighted by Gasteiger charge is 2.48. The fourth-order valence-corrected chi connectivity index (χ4v) is 5.39. The average Bonchev–Trinajstić information content (AvgIpc) is 3.28. The average molecular weight is 520 g/mol. The van der Waals surface area contributed by atoms with Crippen LogP contribution in [0.5, 0.6) is 0 Å². The minimum atomic E-state index is -0.848. The molecule has 6 nitrogen and oxygen atoms in total. The van der Waals surface area contributed by atoms with Crippen molar-refractivity contribution in [3.05, 3.63) is 0 Å². The maximum absolute atomic E-state index is 12.2. The molecule has 0 aromatic heterocycles. The standard InChI is InChI=1S/C26H44Cl2N2O4/c1-3-4-5-6-7-8-9-10-11-12-13-16-23(31)33-17-14-15-22-21(19-34-24(22)32)18-26(28)25(27)29-20-30(26)2/h20-22,25H,3-19H2,1-2H3/t21-,22-,25?,26?/m0/s1. The van der Waals surface area contributed by atoms with E-state index in [-0.39, 0.29) is 23.8 Å². The monoisotopic (exact) mass is 518 g/mol. The van der Waals surface area contributed by atoms with Crippen LogP contribution in [0.1, 0.15) is 103 Å². The number of hydrogen-bond donors (Lipinski definition) is 0. The third-order valence-electron chi connectivity index (χ3n) is 7.09. The second-order valence-corrected chi connectivity index (χ2v) is 10.9. The number of carbonyl (C=O) groups excluding carboxylic acids is 2. The first-order chi connectivity index (χ1) is 16.4. The molecule has 8 heteroatoms. The van der Waals surface area contributed by atoms with Crippen LogP contribution in [0.15, 0.2) is 4.99 Å². The molecule has 0 amide bonds. The van der Waals surface area contributed by atoms with Gasteiger partial charge in [-0.25, -0.2) is 0 Å². The van der Waals surface area contributed by atoms with Crippen molar-refractivity contribution >= 4 is 41.5 Å². The zero-order valence-corrected chi connectivity index (χ0v) is 22.6. The molecule has 0 aromatic rings. The Hall–Kier alpha value is -1.01. The fraction of sp³-hybridized carbons (Fsp3) is 0.885. The van der Waals surface area contributed by atoms with E-state index in [0.717, 1.165) is 12.8 Å². The summed E-state index contributed by atoms with van der Waals surface area (Å²) < 4.78 is 10.7. The highest BCUT2D eigenvalue weighted by Crippen LogP contribution is 2.42. The zero-order valence-electron chi connectivity index (χ0n) is 21.1. The van der Waals surface area contributed by atoms with Gasteiger partial charge in [-0.2, -0.15) is 0 Å². The number of aliphatic imine (C=N–C) groups is 1. The van der Waals surface area contributed by atoms with Gasteiger partial charge in [0.1, 0.15) is 0 Å². The highest BCUT2D eigenvalue weighted by molar-refractivity contribution is 6.33. The van der Waals surface area contributed by atoms with Crippen molar-refractivity contribution in [1.82, 2.24) is 4.90 Å². The molecule has 0 aromatic carbocycles. The van der Waals surface area contributed by atoms with Crippen molar-refractivity contribution in [3.63, 3.8) is 0 Å². The number of ether oxygens (including phenoxy) is 2. The molecule has 34 heavy (non-hydrogen) atoms. The summed E-state index contributed by atoms with van der Waals surface area (Å²) >= 11 is 13.0. The molecule has 2 unspecified atom stereocenters. The van der Waals surface area contributed by atoms with Gasteiger partial charge in [-0.3, -0.25) is 14.6 Å². The van der Waals surface area contributed by atoms with Gasteiger partial charge in [0.15, 0.2) is 10.5 Å². The van der Waals surface area contributed by atoms with E-state index in [1.54, 1.807) is 11.2 Å². The number of hydrogen-bond acceptors (Lipinski definition) is 6. The molecule has 4 atom stereocenters.